The van der Waals surface area contributed by atoms with Crippen LogP contribution in [-0.4, -0.2) is 23.4 Å². The van der Waals surface area contributed by atoms with Gasteiger partial charge in [0.2, 0.25) is 0 Å². The van der Waals surface area contributed by atoms with Crippen LogP contribution in [0.4, 0.5) is 0 Å². The Bertz CT molecular complexity index is 417. The molecule has 0 aromatic heterocycles. The lowest BCUT2D eigenvalue weighted by molar-refractivity contribution is 0.0810. The van der Waals surface area contributed by atoms with Crippen molar-refractivity contribution in [1.29, 1.82) is 0 Å². The second kappa shape index (κ2) is 6.73. The molecule has 1 fully saturated rings. The third-order valence-corrected chi connectivity index (χ3v) is 4.73. The van der Waals surface area contributed by atoms with Gasteiger partial charge < -0.3 is 15.5 Å². The Kier molecular flexibility index (Phi) is 5.25. The van der Waals surface area contributed by atoms with E-state index in [0.717, 1.165) is 36.0 Å². The monoisotopic (exact) mass is 327 g/mol. The van der Waals surface area contributed by atoms with E-state index in [2.05, 4.69) is 21.2 Å². The van der Waals surface area contributed by atoms with E-state index in [0.29, 0.717) is 0 Å². The average Bonchev–Trinajstić information content (AvgIpc) is 2.44. The minimum absolute atomic E-state index is 0.0758. The summed E-state index contributed by atoms with van der Waals surface area (Å²) in [6, 6.07) is 5.54. The molecular weight excluding hydrogens is 306 g/mol. The van der Waals surface area contributed by atoms with Crippen LogP contribution in [0.15, 0.2) is 22.7 Å². The van der Waals surface area contributed by atoms with Gasteiger partial charge in [0.15, 0.2) is 0 Å². The van der Waals surface area contributed by atoms with Crippen molar-refractivity contribution in [2.45, 2.75) is 38.6 Å². The van der Waals surface area contributed by atoms with Crippen LogP contribution in [0, 0.1) is 5.41 Å². The zero-order valence-electron chi connectivity index (χ0n) is 11.2. The quantitative estimate of drug-likeness (QED) is 0.778. The maximum absolute atomic E-state index is 9.64. The number of hydrogen-bond donors (Lipinski definition) is 3. The summed E-state index contributed by atoms with van der Waals surface area (Å²) < 4.78 is 0.723. The molecule has 1 aliphatic carbocycles. The van der Waals surface area contributed by atoms with Crippen LogP contribution in [0.5, 0.6) is 5.75 Å². The molecule has 0 saturated heterocycles. The number of nitrogens with one attached hydrogen (secondary N) is 1. The lowest BCUT2D eigenvalue weighted by Crippen LogP contribution is -2.38. The molecule has 0 radical (unpaired) electrons. The molecule has 106 valence electrons. The molecule has 0 unspecified atom stereocenters. The van der Waals surface area contributed by atoms with Gasteiger partial charge in [0.1, 0.15) is 5.75 Å². The van der Waals surface area contributed by atoms with E-state index in [4.69, 9.17) is 0 Å². The molecule has 4 heteroatoms. The van der Waals surface area contributed by atoms with Crippen molar-refractivity contribution < 1.29 is 10.2 Å². The summed E-state index contributed by atoms with van der Waals surface area (Å²) in [5.74, 6) is 0.267. The molecule has 2 rings (SSSR count). The van der Waals surface area contributed by atoms with Crippen molar-refractivity contribution in [3.8, 4) is 5.75 Å². The van der Waals surface area contributed by atoms with Crippen LogP contribution in [0.25, 0.3) is 0 Å². The number of rotatable bonds is 5. The molecule has 19 heavy (non-hydrogen) atoms. The molecule has 0 aliphatic heterocycles. The first-order chi connectivity index (χ1) is 9.15. The van der Waals surface area contributed by atoms with E-state index < -0.39 is 0 Å². The predicted molar refractivity (Wildman–Crippen MR) is 80.1 cm³/mol. The molecule has 1 aromatic carbocycles. The van der Waals surface area contributed by atoms with E-state index in [-0.39, 0.29) is 17.8 Å². The second-order valence-electron chi connectivity index (χ2n) is 5.61. The summed E-state index contributed by atoms with van der Waals surface area (Å²) in [5.41, 5.74) is 1.21. The fourth-order valence-electron chi connectivity index (χ4n) is 2.82. The highest BCUT2D eigenvalue weighted by Crippen LogP contribution is 2.35. The van der Waals surface area contributed by atoms with Gasteiger partial charge in [0.25, 0.3) is 0 Å². The van der Waals surface area contributed by atoms with Gasteiger partial charge in [-0.1, -0.05) is 25.3 Å². The SMILES string of the molecule is OCC1(CNCc2ccc(O)c(Br)c2)CCCCC1. The Labute approximate surface area is 123 Å². The molecule has 0 amide bonds. The second-order valence-corrected chi connectivity index (χ2v) is 6.46. The third kappa shape index (κ3) is 3.94. The number of hydrogen-bond acceptors (Lipinski definition) is 3. The molecule has 1 saturated carbocycles. The number of benzene rings is 1. The number of aliphatic hydroxyl groups excluding tert-OH is 1. The van der Waals surface area contributed by atoms with Gasteiger partial charge in [0.05, 0.1) is 4.47 Å². The van der Waals surface area contributed by atoms with E-state index in [1.807, 2.05) is 12.1 Å². The Hall–Kier alpha value is -0.580. The van der Waals surface area contributed by atoms with Gasteiger partial charge in [-0.25, -0.2) is 0 Å². The topological polar surface area (TPSA) is 52.5 Å². The van der Waals surface area contributed by atoms with Gasteiger partial charge >= 0.3 is 0 Å². The standard InChI is InChI=1S/C15H22BrNO2/c16-13-8-12(4-5-14(13)19)9-17-10-15(11-18)6-2-1-3-7-15/h4-5,8,17-19H,1-3,6-7,9-11H2. The van der Waals surface area contributed by atoms with Crippen LogP contribution in [0.1, 0.15) is 37.7 Å². The molecule has 3 nitrogen and oxygen atoms in total. The maximum Gasteiger partial charge on any atom is 0.129 e. The number of phenols is 1. The van der Waals surface area contributed by atoms with Crippen molar-refractivity contribution in [3.05, 3.63) is 28.2 Å². The van der Waals surface area contributed by atoms with E-state index >= 15 is 0 Å². The molecule has 0 spiro atoms. The fourth-order valence-corrected chi connectivity index (χ4v) is 3.25. The minimum Gasteiger partial charge on any atom is -0.507 e. The zero-order chi connectivity index (χ0) is 13.7. The normalized spacial score (nSPS) is 18.4. The van der Waals surface area contributed by atoms with Gasteiger partial charge in [-0.05, 0) is 46.5 Å². The van der Waals surface area contributed by atoms with Crippen LogP contribution in [0.3, 0.4) is 0 Å². The molecule has 3 N–H and O–H groups in total. The van der Waals surface area contributed by atoms with Crippen molar-refractivity contribution in [3.63, 3.8) is 0 Å². The Morgan fingerprint density at radius 2 is 1.95 bits per heavy atom. The minimum atomic E-state index is 0.0758. The van der Waals surface area contributed by atoms with Crippen molar-refractivity contribution in [2.75, 3.05) is 13.2 Å². The molecule has 1 aliphatic rings. The number of phenolic OH excluding ortho intramolecular Hbond substituents is 1. The van der Waals surface area contributed by atoms with Crippen LogP contribution < -0.4 is 5.32 Å². The van der Waals surface area contributed by atoms with E-state index in [1.165, 1.54) is 19.3 Å². The largest absolute Gasteiger partial charge is 0.507 e. The lowest BCUT2D eigenvalue weighted by atomic mass is 9.74. The highest BCUT2D eigenvalue weighted by atomic mass is 79.9. The van der Waals surface area contributed by atoms with Crippen molar-refractivity contribution in [2.24, 2.45) is 5.41 Å². The Morgan fingerprint density at radius 1 is 1.21 bits per heavy atom. The van der Waals surface area contributed by atoms with E-state index in [1.54, 1.807) is 6.07 Å². The highest BCUT2D eigenvalue weighted by Gasteiger charge is 2.30. The number of aromatic hydroxyl groups is 1. The molecule has 1 aromatic rings. The van der Waals surface area contributed by atoms with Crippen LogP contribution in [-0.2, 0) is 6.54 Å². The summed E-state index contributed by atoms with van der Waals surface area (Å²) in [6.07, 6.45) is 6.00. The average molecular weight is 328 g/mol. The molecule has 0 heterocycles. The first-order valence-electron chi connectivity index (χ1n) is 6.94. The van der Waals surface area contributed by atoms with Crippen molar-refractivity contribution in [1.82, 2.24) is 5.32 Å². The summed E-state index contributed by atoms with van der Waals surface area (Å²) in [5, 5.41) is 22.5. The predicted octanol–water partition coefficient (Wildman–Crippen LogP) is 3.19. The molecule has 0 atom stereocenters. The van der Waals surface area contributed by atoms with Gasteiger partial charge in [-0.15, -0.1) is 0 Å². The Morgan fingerprint density at radius 3 is 2.58 bits per heavy atom. The third-order valence-electron chi connectivity index (χ3n) is 4.09. The first kappa shape index (κ1) is 14.8. The number of aliphatic hydroxyl groups is 1. The van der Waals surface area contributed by atoms with Crippen LogP contribution >= 0.6 is 15.9 Å². The van der Waals surface area contributed by atoms with Crippen LogP contribution in [0.2, 0.25) is 0 Å². The summed E-state index contributed by atoms with van der Waals surface area (Å²) in [7, 11) is 0. The summed E-state index contributed by atoms with van der Waals surface area (Å²) in [4.78, 5) is 0. The summed E-state index contributed by atoms with van der Waals surface area (Å²) >= 11 is 3.32. The smallest absolute Gasteiger partial charge is 0.129 e. The zero-order valence-corrected chi connectivity index (χ0v) is 12.7. The van der Waals surface area contributed by atoms with Crippen molar-refractivity contribution >= 4 is 15.9 Å². The molecule has 0 bridgehead atoms. The van der Waals surface area contributed by atoms with E-state index in [9.17, 15) is 10.2 Å². The molecular formula is C15H22BrNO2. The first-order valence-corrected chi connectivity index (χ1v) is 7.73. The van der Waals surface area contributed by atoms with Gasteiger partial charge in [-0.3, -0.25) is 0 Å². The van der Waals surface area contributed by atoms with Gasteiger partial charge in [-0.2, -0.15) is 0 Å². The highest BCUT2D eigenvalue weighted by molar-refractivity contribution is 9.10. The number of halogens is 1. The maximum atomic E-state index is 9.64. The van der Waals surface area contributed by atoms with Gasteiger partial charge in [0, 0.05) is 25.1 Å². The lowest BCUT2D eigenvalue weighted by Gasteiger charge is -2.35. The fraction of sp³-hybridized carbons (Fsp3) is 0.600. The Balaban J connectivity index is 1.86. The summed E-state index contributed by atoms with van der Waals surface area (Å²) in [6.45, 7) is 1.90.